The van der Waals surface area contributed by atoms with E-state index < -0.39 is 0 Å². The maximum absolute atomic E-state index is 11.2. The highest BCUT2D eigenvalue weighted by Gasteiger charge is 2.17. The first-order chi connectivity index (χ1) is 7.58. The molecule has 4 nitrogen and oxygen atoms in total. The zero-order valence-corrected chi connectivity index (χ0v) is 9.56. The van der Waals surface area contributed by atoms with Gasteiger partial charge in [-0.2, -0.15) is 0 Å². The Balaban J connectivity index is 2.90. The number of rotatable bonds is 4. The van der Waals surface area contributed by atoms with Crippen molar-refractivity contribution in [3.05, 3.63) is 29.3 Å². The fraction of sp³-hybridized carbons (Fsp3) is 0.417. The number of ether oxygens (including phenoxy) is 1. The van der Waals surface area contributed by atoms with E-state index in [4.69, 9.17) is 5.73 Å². The highest BCUT2D eigenvalue weighted by molar-refractivity contribution is 5.70. The molecule has 16 heavy (non-hydrogen) atoms. The quantitative estimate of drug-likeness (QED) is 0.755. The first-order valence-electron chi connectivity index (χ1n) is 5.15. The molecular weight excluding hydrogens is 206 g/mol. The summed E-state index contributed by atoms with van der Waals surface area (Å²) in [5.74, 6) is -0.345. The second-order valence-electron chi connectivity index (χ2n) is 3.78. The summed E-state index contributed by atoms with van der Waals surface area (Å²) < 4.78 is 4.59. The maximum atomic E-state index is 11.2. The first-order valence-corrected chi connectivity index (χ1v) is 5.15. The molecule has 0 aliphatic rings. The molecule has 0 heterocycles. The maximum Gasteiger partial charge on any atom is 0.306 e. The molecule has 0 radical (unpaired) electrons. The lowest BCUT2D eigenvalue weighted by Crippen LogP contribution is -2.17. The number of methoxy groups -OCH3 is 1. The third-order valence-electron chi connectivity index (χ3n) is 2.55. The SMILES string of the molecule is COC(=O)CC(CN)c1ccc(C)cc1O. The summed E-state index contributed by atoms with van der Waals surface area (Å²) >= 11 is 0. The average Bonchev–Trinajstić information content (AvgIpc) is 2.26. The molecule has 0 aromatic heterocycles. The van der Waals surface area contributed by atoms with Gasteiger partial charge in [-0.15, -0.1) is 0 Å². The lowest BCUT2D eigenvalue weighted by Gasteiger charge is -2.15. The summed E-state index contributed by atoms with van der Waals surface area (Å²) in [5.41, 5.74) is 7.26. The highest BCUT2D eigenvalue weighted by atomic mass is 16.5. The van der Waals surface area contributed by atoms with E-state index in [1.165, 1.54) is 7.11 Å². The Kier molecular flexibility index (Phi) is 4.31. The van der Waals surface area contributed by atoms with E-state index in [2.05, 4.69) is 4.74 Å². The molecule has 0 aliphatic heterocycles. The van der Waals surface area contributed by atoms with Crippen LogP contribution in [0.5, 0.6) is 5.75 Å². The van der Waals surface area contributed by atoms with Gasteiger partial charge in [0.1, 0.15) is 5.75 Å². The van der Waals surface area contributed by atoms with Crippen molar-refractivity contribution in [3.63, 3.8) is 0 Å². The Morgan fingerprint density at radius 3 is 2.75 bits per heavy atom. The second-order valence-corrected chi connectivity index (χ2v) is 3.78. The zero-order chi connectivity index (χ0) is 12.1. The van der Waals surface area contributed by atoms with Crippen LogP contribution in [0.3, 0.4) is 0 Å². The van der Waals surface area contributed by atoms with E-state index in [1.807, 2.05) is 13.0 Å². The monoisotopic (exact) mass is 223 g/mol. The largest absolute Gasteiger partial charge is 0.508 e. The van der Waals surface area contributed by atoms with Crippen molar-refractivity contribution in [2.24, 2.45) is 5.73 Å². The second kappa shape index (κ2) is 5.51. The molecule has 0 bridgehead atoms. The number of hydrogen-bond donors (Lipinski definition) is 2. The summed E-state index contributed by atoms with van der Waals surface area (Å²) in [4.78, 5) is 11.2. The van der Waals surface area contributed by atoms with E-state index in [0.717, 1.165) is 5.56 Å². The minimum Gasteiger partial charge on any atom is -0.508 e. The van der Waals surface area contributed by atoms with Gasteiger partial charge in [-0.1, -0.05) is 12.1 Å². The summed E-state index contributed by atoms with van der Waals surface area (Å²) in [6.07, 6.45) is 0.184. The number of aromatic hydroxyl groups is 1. The van der Waals surface area contributed by atoms with Crippen molar-refractivity contribution in [1.29, 1.82) is 0 Å². The van der Waals surface area contributed by atoms with E-state index in [1.54, 1.807) is 12.1 Å². The van der Waals surface area contributed by atoms with E-state index in [-0.39, 0.29) is 24.1 Å². The number of nitrogens with two attached hydrogens (primary N) is 1. The standard InChI is InChI=1S/C12H17NO3/c1-8-3-4-10(11(14)5-8)9(7-13)6-12(15)16-2/h3-5,9,14H,6-7,13H2,1-2H3. The molecule has 88 valence electrons. The molecule has 0 saturated heterocycles. The van der Waals surface area contributed by atoms with Crippen LogP contribution in [0, 0.1) is 6.92 Å². The Morgan fingerprint density at radius 2 is 2.25 bits per heavy atom. The van der Waals surface area contributed by atoms with Crippen molar-refractivity contribution in [1.82, 2.24) is 0 Å². The number of aryl methyl sites for hydroxylation is 1. The molecule has 4 heteroatoms. The van der Waals surface area contributed by atoms with Crippen molar-refractivity contribution in [2.45, 2.75) is 19.3 Å². The molecule has 0 saturated carbocycles. The summed E-state index contributed by atoms with van der Waals surface area (Å²) in [6.45, 7) is 2.19. The van der Waals surface area contributed by atoms with Gasteiger partial charge in [0, 0.05) is 5.92 Å². The normalized spacial score (nSPS) is 12.2. The molecule has 1 unspecified atom stereocenters. The fourth-order valence-electron chi connectivity index (χ4n) is 1.60. The van der Waals surface area contributed by atoms with Crippen LogP contribution in [-0.2, 0) is 9.53 Å². The van der Waals surface area contributed by atoms with Crippen LogP contribution < -0.4 is 5.73 Å². The van der Waals surface area contributed by atoms with Crippen LogP contribution in [0.4, 0.5) is 0 Å². The Bertz CT molecular complexity index is 377. The van der Waals surface area contributed by atoms with Gasteiger partial charge in [0.15, 0.2) is 0 Å². The number of benzene rings is 1. The number of esters is 1. The zero-order valence-electron chi connectivity index (χ0n) is 9.56. The third-order valence-corrected chi connectivity index (χ3v) is 2.55. The molecule has 1 rings (SSSR count). The van der Waals surface area contributed by atoms with Gasteiger partial charge in [-0.3, -0.25) is 4.79 Å². The van der Waals surface area contributed by atoms with Crippen LogP contribution >= 0.6 is 0 Å². The molecular formula is C12H17NO3. The summed E-state index contributed by atoms with van der Waals surface area (Å²) in [6, 6.07) is 5.34. The number of carbonyl (C=O) groups excluding carboxylic acids is 1. The van der Waals surface area contributed by atoms with Gasteiger partial charge in [-0.25, -0.2) is 0 Å². The molecule has 0 amide bonds. The smallest absolute Gasteiger partial charge is 0.306 e. The number of carbonyl (C=O) groups is 1. The predicted molar refractivity (Wildman–Crippen MR) is 61.3 cm³/mol. The van der Waals surface area contributed by atoms with Crippen LogP contribution in [-0.4, -0.2) is 24.7 Å². The van der Waals surface area contributed by atoms with Gasteiger partial charge >= 0.3 is 5.97 Å². The molecule has 3 N–H and O–H groups in total. The molecule has 0 aliphatic carbocycles. The van der Waals surface area contributed by atoms with Crippen LogP contribution in [0.1, 0.15) is 23.5 Å². The lowest BCUT2D eigenvalue weighted by atomic mass is 9.94. The first kappa shape index (κ1) is 12.5. The van der Waals surface area contributed by atoms with Gasteiger partial charge < -0.3 is 15.6 Å². The molecule has 1 atom stereocenters. The Morgan fingerprint density at radius 1 is 1.56 bits per heavy atom. The van der Waals surface area contributed by atoms with Gasteiger partial charge in [0.2, 0.25) is 0 Å². The molecule has 0 fully saturated rings. The van der Waals surface area contributed by atoms with Gasteiger partial charge in [-0.05, 0) is 30.7 Å². The van der Waals surface area contributed by atoms with Crippen molar-refractivity contribution in [3.8, 4) is 5.75 Å². The number of phenolic OH excluding ortho intramolecular Hbond substituents is 1. The van der Waals surface area contributed by atoms with E-state index >= 15 is 0 Å². The van der Waals surface area contributed by atoms with Crippen LogP contribution in [0.2, 0.25) is 0 Å². The predicted octanol–water partition coefficient (Wildman–Crippen LogP) is 1.31. The summed E-state index contributed by atoms with van der Waals surface area (Å²) in [5, 5.41) is 9.77. The van der Waals surface area contributed by atoms with Crippen LogP contribution in [0.25, 0.3) is 0 Å². The lowest BCUT2D eigenvalue weighted by molar-refractivity contribution is -0.141. The van der Waals surface area contributed by atoms with Gasteiger partial charge in [0.25, 0.3) is 0 Å². The third kappa shape index (κ3) is 2.97. The van der Waals surface area contributed by atoms with Crippen molar-refractivity contribution in [2.75, 3.05) is 13.7 Å². The van der Waals surface area contributed by atoms with Crippen molar-refractivity contribution >= 4 is 5.97 Å². The number of phenols is 1. The topological polar surface area (TPSA) is 72.5 Å². The van der Waals surface area contributed by atoms with Crippen molar-refractivity contribution < 1.29 is 14.6 Å². The minimum absolute atomic E-state index is 0.180. The summed E-state index contributed by atoms with van der Waals surface area (Å²) in [7, 11) is 1.34. The Hall–Kier alpha value is -1.55. The molecule has 1 aromatic rings. The highest BCUT2D eigenvalue weighted by Crippen LogP contribution is 2.28. The van der Waals surface area contributed by atoms with E-state index in [9.17, 15) is 9.90 Å². The number of hydrogen-bond acceptors (Lipinski definition) is 4. The molecule has 0 spiro atoms. The van der Waals surface area contributed by atoms with E-state index in [0.29, 0.717) is 12.1 Å². The molecule has 1 aromatic carbocycles. The average molecular weight is 223 g/mol. The van der Waals surface area contributed by atoms with Gasteiger partial charge in [0.05, 0.1) is 13.5 Å². The minimum atomic E-state index is -0.324. The van der Waals surface area contributed by atoms with Crippen LogP contribution in [0.15, 0.2) is 18.2 Å². The Labute approximate surface area is 95.0 Å². The fourth-order valence-corrected chi connectivity index (χ4v) is 1.60.